The van der Waals surface area contributed by atoms with Crippen LogP contribution in [0.3, 0.4) is 0 Å². The summed E-state index contributed by atoms with van der Waals surface area (Å²) < 4.78 is 0.990. The summed E-state index contributed by atoms with van der Waals surface area (Å²) >= 11 is 3.37. The summed E-state index contributed by atoms with van der Waals surface area (Å²) in [6.07, 6.45) is 0. The normalized spacial score (nSPS) is 11.2. The van der Waals surface area contributed by atoms with Crippen LogP contribution in [0.15, 0.2) is 75.4 Å². The molecule has 20 heavy (non-hydrogen) atoms. The van der Waals surface area contributed by atoms with Gasteiger partial charge >= 0.3 is 0 Å². The van der Waals surface area contributed by atoms with Crippen molar-refractivity contribution in [2.24, 2.45) is 10.2 Å². The Kier molecular flexibility index (Phi) is 3.48. The highest BCUT2D eigenvalue weighted by Crippen LogP contribution is 2.35. The summed E-state index contributed by atoms with van der Waals surface area (Å²) in [5, 5.41) is 20.2. The molecule has 3 aromatic rings. The van der Waals surface area contributed by atoms with Crippen LogP contribution in [0.25, 0.3) is 10.8 Å². The van der Waals surface area contributed by atoms with Crippen LogP contribution in [-0.4, -0.2) is 5.11 Å². The first-order valence-corrected chi connectivity index (χ1v) is 6.91. The maximum absolute atomic E-state index is 9.97. The second-order valence-corrected chi connectivity index (χ2v) is 5.25. The van der Waals surface area contributed by atoms with Crippen LogP contribution in [0, 0.1) is 0 Å². The number of fused-ring (bicyclic) bond motifs is 1. The zero-order valence-electron chi connectivity index (χ0n) is 10.5. The van der Waals surface area contributed by atoms with Crippen LogP contribution in [0.1, 0.15) is 0 Å². The molecule has 0 aliphatic heterocycles. The maximum Gasteiger partial charge on any atom is 0.143 e. The lowest BCUT2D eigenvalue weighted by Gasteiger charge is -2.03. The van der Waals surface area contributed by atoms with Crippen LogP contribution >= 0.6 is 15.9 Å². The molecule has 0 bridgehead atoms. The summed E-state index contributed by atoms with van der Waals surface area (Å²) in [5.74, 6) is 0.129. The average molecular weight is 327 g/mol. The van der Waals surface area contributed by atoms with Crippen molar-refractivity contribution in [3.8, 4) is 5.75 Å². The van der Waals surface area contributed by atoms with E-state index in [9.17, 15) is 5.11 Å². The second-order valence-electron chi connectivity index (χ2n) is 4.33. The Balaban J connectivity index is 2.06. The first kappa shape index (κ1) is 12.8. The Hall–Kier alpha value is -2.20. The van der Waals surface area contributed by atoms with E-state index in [4.69, 9.17) is 0 Å². The summed E-state index contributed by atoms with van der Waals surface area (Å²) in [7, 11) is 0. The average Bonchev–Trinajstić information content (AvgIpc) is 2.48. The molecular weight excluding hydrogens is 316 g/mol. The molecule has 3 aromatic carbocycles. The largest absolute Gasteiger partial charge is 0.506 e. The smallest absolute Gasteiger partial charge is 0.143 e. The third kappa shape index (κ3) is 2.56. The van der Waals surface area contributed by atoms with Gasteiger partial charge in [-0.2, -0.15) is 5.11 Å². The standard InChI is InChI=1S/C16H11BrN2O/c17-12-6-8-13(9-7-12)18-19-16-14-4-2-1-3-11(14)5-10-15(16)20/h1-10,20H/b19-18+. The van der Waals surface area contributed by atoms with Gasteiger partial charge in [-0.05, 0) is 35.7 Å². The first-order chi connectivity index (χ1) is 9.74. The Morgan fingerprint density at radius 3 is 2.35 bits per heavy atom. The van der Waals surface area contributed by atoms with Crippen LogP contribution in [0.2, 0.25) is 0 Å². The fraction of sp³-hybridized carbons (Fsp3) is 0. The van der Waals surface area contributed by atoms with Crippen LogP contribution in [-0.2, 0) is 0 Å². The molecule has 4 heteroatoms. The van der Waals surface area contributed by atoms with Gasteiger partial charge in [-0.15, -0.1) is 5.11 Å². The molecule has 0 unspecified atom stereocenters. The molecule has 0 fully saturated rings. The molecule has 0 saturated heterocycles. The van der Waals surface area contributed by atoms with E-state index in [2.05, 4.69) is 26.2 Å². The molecule has 0 spiro atoms. The lowest BCUT2D eigenvalue weighted by molar-refractivity contribution is 0.477. The highest BCUT2D eigenvalue weighted by molar-refractivity contribution is 9.10. The number of hydrogen-bond donors (Lipinski definition) is 1. The van der Waals surface area contributed by atoms with Gasteiger partial charge in [0, 0.05) is 9.86 Å². The third-order valence-corrected chi connectivity index (χ3v) is 3.50. The molecule has 0 amide bonds. The van der Waals surface area contributed by atoms with E-state index in [1.54, 1.807) is 6.07 Å². The van der Waals surface area contributed by atoms with Gasteiger partial charge in [0.05, 0.1) is 5.69 Å². The van der Waals surface area contributed by atoms with E-state index >= 15 is 0 Å². The topological polar surface area (TPSA) is 45.0 Å². The molecule has 3 rings (SSSR count). The van der Waals surface area contributed by atoms with Crippen LogP contribution in [0.4, 0.5) is 11.4 Å². The number of benzene rings is 3. The quantitative estimate of drug-likeness (QED) is 0.601. The van der Waals surface area contributed by atoms with E-state index < -0.39 is 0 Å². The second kappa shape index (κ2) is 5.43. The highest BCUT2D eigenvalue weighted by Gasteiger charge is 2.05. The lowest BCUT2D eigenvalue weighted by Crippen LogP contribution is -1.74. The summed E-state index contributed by atoms with van der Waals surface area (Å²) in [4.78, 5) is 0. The van der Waals surface area contributed by atoms with E-state index in [1.807, 2.05) is 54.6 Å². The van der Waals surface area contributed by atoms with Gasteiger partial charge in [0.2, 0.25) is 0 Å². The van der Waals surface area contributed by atoms with E-state index in [-0.39, 0.29) is 5.75 Å². The monoisotopic (exact) mass is 326 g/mol. The van der Waals surface area contributed by atoms with Gasteiger partial charge in [-0.1, -0.05) is 46.3 Å². The van der Waals surface area contributed by atoms with E-state index in [0.717, 1.165) is 20.9 Å². The molecule has 0 saturated carbocycles. The number of rotatable bonds is 2. The zero-order chi connectivity index (χ0) is 13.9. The number of hydrogen-bond acceptors (Lipinski definition) is 3. The highest BCUT2D eigenvalue weighted by atomic mass is 79.9. The molecule has 0 aliphatic carbocycles. The number of nitrogens with zero attached hydrogens (tertiary/aromatic N) is 2. The number of halogens is 1. The van der Waals surface area contributed by atoms with Gasteiger partial charge in [-0.3, -0.25) is 0 Å². The van der Waals surface area contributed by atoms with Crippen LogP contribution < -0.4 is 0 Å². The SMILES string of the molecule is Oc1ccc2ccccc2c1/N=N/c1ccc(Br)cc1. The summed E-state index contributed by atoms with van der Waals surface area (Å²) in [6, 6.07) is 18.8. The maximum atomic E-state index is 9.97. The van der Waals surface area contributed by atoms with Crippen molar-refractivity contribution in [3.05, 3.63) is 65.1 Å². The number of phenols is 1. The number of azo groups is 1. The summed E-state index contributed by atoms with van der Waals surface area (Å²) in [5.41, 5.74) is 1.23. The van der Waals surface area contributed by atoms with E-state index in [1.165, 1.54) is 0 Å². The predicted molar refractivity (Wildman–Crippen MR) is 83.9 cm³/mol. The van der Waals surface area contributed by atoms with E-state index in [0.29, 0.717) is 5.69 Å². The van der Waals surface area contributed by atoms with Gasteiger partial charge < -0.3 is 5.11 Å². The lowest BCUT2D eigenvalue weighted by atomic mass is 10.1. The van der Waals surface area contributed by atoms with Gasteiger partial charge in [-0.25, -0.2) is 0 Å². The number of phenolic OH excluding ortho intramolecular Hbond substituents is 1. The molecular formula is C16H11BrN2O. The molecule has 3 nitrogen and oxygen atoms in total. The Morgan fingerprint density at radius 1 is 0.800 bits per heavy atom. The Morgan fingerprint density at radius 2 is 1.55 bits per heavy atom. The van der Waals surface area contributed by atoms with Gasteiger partial charge in [0.15, 0.2) is 0 Å². The third-order valence-electron chi connectivity index (χ3n) is 2.97. The Labute approximate surface area is 124 Å². The molecule has 0 aromatic heterocycles. The minimum Gasteiger partial charge on any atom is -0.506 e. The van der Waals surface area contributed by atoms with Crippen molar-refractivity contribution < 1.29 is 5.11 Å². The fourth-order valence-electron chi connectivity index (χ4n) is 1.96. The van der Waals surface area contributed by atoms with Crippen molar-refractivity contribution in [1.82, 2.24) is 0 Å². The molecule has 0 aliphatic rings. The summed E-state index contributed by atoms with van der Waals surface area (Å²) in [6.45, 7) is 0. The first-order valence-electron chi connectivity index (χ1n) is 6.12. The molecule has 0 atom stereocenters. The molecule has 1 N–H and O–H groups in total. The zero-order valence-corrected chi connectivity index (χ0v) is 12.1. The Bertz CT molecular complexity index is 782. The minimum absolute atomic E-state index is 0.129. The minimum atomic E-state index is 0.129. The molecule has 0 heterocycles. The predicted octanol–water partition coefficient (Wildman–Crippen LogP) is 5.72. The van der Waals surface area contributed by atoms with Crippen molar-refractivity contribution in [3.63, 3.8) is 0 Å². The molecule has 0 radical (unpaired) electrons. The van der Waals surface area contributed by atoms with Crippen LogP contribution in [0.5, 0.6) is 5.75 Å². The van der Waals surface area contributed by atoms with Crippen molar-refractivity contribution >= 4 is 38.1 Å². The van der Waals surface area contributed by atoms with Crippen molar-refractivity contribution in [2.45, 2.75) is 0 Å². The van der Waals surface area contributed by atoms with Gasteiger partial charge in [0.1, 0.15) is 11.4 Å². The fourth-order valence-corrected chi connectivity index (χ4v) is 2.23. The van der Waals surface area contributed by atoms with Crippen molar-refractivity contribution in [1.29, 1.82) is 0 Å². The van der Waals surface area contributed by atoms with Crippen molar-refractivity contribution in [2.75, 3.05) is 0 Å². The van der Waals surface area contributed by atoms with Gasteiger partial charge in [0.25, 0.3) is 0 Å². The molecule has 98 valence electrons. The number of aromatic hydroxyl groups is 1.